The zero-order chi connectivity index (χ0) is 11.3. The van der Waals surface area contributed by atoms with E-state index in [1.54, 1.807) is 0 Å². The van der Waals surface area contributed by atoms with Crippen LogP contribution in [-0.4, -0.2) is 0 Å². The number of rotatable bonds is 5. The summed E-state index contributed by atoms with van der Waals surface area (Å²) in [5.74, 6) is 0. The lowest BCUT2D eigenvalue weighted by atomic mass is 10.00. The lowest BCUT2D eigenvalue weighted by Crippen LogP contribution is -2.10. The average molecular weight is 226 g/mol. The molecule has 0 aliphatic rings. The molecule has 15 heavy (non-hydrogen) atoms. The normalized spacial score (nSPS) is 12.8. The summed E-state index contributed by atoms with van der Waals surface area (Å²) in [6.45, 7) is 4.25. The van der Waals surface area contributed by atoms with Crippen LogP contribution in [0, 0.1) is 6.92 Å². The molecule has 1 unspecified atom stereocenters. The van der Waals surface area contributed by atoms with Gasteiger partial charge in [0.1, 0.15) is 0 Å². The van der Waals surface area contributed by atoms with Gasteiger partial charge in [-0.3, -0.25) is 0 Å². The van der Waals surface area contributed by atoms with E-state index in [4.69, 9.17) is 17.3 Å². The summed E-state index contributed by atoms with van der Waals surface area (Å²) in [5, 5.41) is 0.788. The SMILES string of the molecule is CCCCCC(N)c1cc(C)cc(Cl)c1. The number of hydrogen-bond donors (Lipinski definition) is 1. The number of halogens is 1. The second-order valence-corrected chi connectivity index (χ2v) is 4.60. The van der Waals surface area contributed by atoms with Crippen molar-refractivity contribution >= 4 is 11.6 Å². The molecule has 0 fully saturated rings. The van der Waals surface area contributed by atoms with Crippen molar-refractivity contribution in [1.29, 1.82) is 0 Å². The van der Waals surface area contributed by atoms with E-state index in [-0.39, 0.29) is 6.04 Å². The van der Waals surface area contributed by atoms with Crippen LogP contribution in [0.4, 0.5) is 0 Å². The third-order valence-corrected chi connectivity index (χ3v) is 2.83. The Morgan fingerprint density at radius 3 is 2.60 bits per heavy atom. The zero-order valence-corrected chi connectivity index (χ0v) is 10.3. The van der Waals surface area contributed by atoms with Gasteiger partial charge in [-0.2, -0.15) is 0 Å². The largest absolute Gasteiger partial charge is 0.324 e. The maximum absolute atomic E-state index is 6.11. The van der Waals surface area contributed by atoms with Crippen molar-refractivity contribution < 1.29 is 0 Å². The summed E-state index contributed by atoms with van der Waals surface area (Å²) < 4.78 is 0. The van der Waals surface area contributed by atoms with Gasteiger partial charge in [0, 0.05) is 11.1 Å². The fraction of sp³-hybridized carbons (Fsp3) is 0.538. The lowest BCUT2D eigenvalue weighted by Gasteiger charge is -2.12. The van der Waals surface area contributed by atoms with Gasteiger partial charge in [0.25, 0.3) is 0 Å². The maximum atomic E-state index is 6.11. The first-order chi connectivity index (χ1) is 7.13. The molecule has 0 bridgehead atoms. The van der Waals surface area contributed by atoms with E-state index >= 15 is 0 Å². The van der Waals surface area contributed by atoms with E-state index in [2.05, 4.69) is 13.0 Å². The maximum Gasteiger partial charge on any atom is 0.0411 e. The summed E-state index contributed by atoms with van der Waals surface area (Å²) in [5.41, 5.74) is 8.46. The van der Waals surface area contributed by atoms with Gasteiger partial charge in [0.2, 0.25) is 0 Å². The summed E-state index contributed by atoms with van der Waals surface area (Å²) >= 11 is 6.00. The monoisotopic (exact) mass is 225 g/mol. The van der Waals surface area contributed by atoms with Gasteiger partial charge in [0.15, 0.2) is 0 Å². The zero-order valence-electron chi connectivity index (χ0n) is 9.59. The van der Waals surface area contributed by atoms with Crippen molar-refractivity contribution in [3.05, 3.63) is 34.3 Å². The first kappa shape index (κ1) is 12.5. The molecule has 1 atom stereocenters. The van der Waals surface area contributed by atoms with Gasteiger partial charge in [-0.05, 0) is 36.6 Å². The van der Waals surface area contributed by atoms with Crippen LogP contribution in [0.1, 0.15) is 49.8 Å². The molecule has 0 aromatic heterocycles. The fourth-order valence-corrected chi connectivity index (χ4v) is 2.06. The first-order valence-corrected chi connectivity index (χ1v) is 6.04. The fourth-order valence-electron chi connectivity index (χ4n) is 1.76. The van der Waals surface area contributed by atoms with Gasteiger partial charge in [-0.25, -0.2) is 0 Å². The van der Waals surface area contributed by atoms with E-state index in [9.17, 15) is 0 Å². The molecule has 2 heteroatoms. The summed E-state index contributed by atoms with van der Waals surface area (Å²) in [6.07, 6.45) is 4.74. The molecule has 0 amide bonds. The van der Waals surface area contributed by atoms with E-state index in [1.807, 2.05) is 19.1 Å². The molecule has 0 saturated heterocycles. The minimum Gasteiger partial charge on any atom is -0.324 e. The summed E-state index contributed by atoms with van der Waals surface area (Å²) in [4.78, 5) is 0. The van der Waals surface area contributed by atoms with E-state index < -0.39 is 0 Å². The molecule has 84 valence electrons. The molecule has 2 N–H and O–H groups in total. The van der Waals surface area contributed by atoms with Crippen molar-refractivity contribution in [1.82, 2.24) is 0 Å². The number of nitrogens with two attached hydrogens (primary N) is 1. The Kier molecular flexibility index (Phi) is 5.13. The number of aryl methyl sites for hydroxylation is 1. The second kappa shape index (κ2) is 6.14. The van der Waals surface area contributed by atoms with Gasteiger partial charge in [-0.1, -0.05) is 43.9 Å². The molecular formula is C13H20ClN. The molecule has 1 rings (SSSR count). The third kappa shape index (κ3) is 4.23. The van der Waals surface area contributed by atoms with Gasteiger partial charge >= 0.3 is 0 Å². The van der Waals surface area contributed by atoms with Gasteiger partial charge in [0.05, 0.1) is 0 Å². The van der Waals surface area contributed by atoms with Crippen LogP contribution in [0.25, 0.3) is 0 Å². The van der Waals surface area contributed by atoms with Crippen LogP contribution in [0.15, 0.2) is 18.2 Å². The Bertz CT molecular complexity index is 289. The summed E-state index contributed by atoms with van der Waals surface area (Å²) in [6, 6.07) is 6.20. The molecule has 0 saturated carbocycles. The number of unbranched alkanes of at least 4 members (excludes halogenated alkanes) is 2. The van der Waals surface area contributed by atoms with Crippen LogP contribution in [-0.2, 0) is 0 Å². The molecule has 0 heterocycles. The highest BCUT2D eigenvalue weighted by atomic mass is 35.5. The molecule has 1 aromatic carbocycles. The van der Waals surface area contributed by atoms with Crippen LogP contribution >= 0.6 is 11.6 Å². The quantitative estimate of drug-likeness (QED) is 0.746. The molecule has 0 radical (unpaired) electrons. The van der Waals surface area contributed by atoms with Crippen molar-refractivity contribution in [3.63, 3.8) is 0 Å². The molecule has 1 aromatic rings. The lowest BCUT2D eigenvalue weighted by molar-refractivity contribution is 0.581. The third-order valence-electron chi connectivity index (χ3n) is 2.61. The van der Waals surface area contributed by atoms with Crippen molar-refractivity contribution in [2.24, 2.45) is 5.73 Å². The molecule has 1 nitrogen and oxygen atoms in total. The molecule has 0 aliphatic carbocycles. The number of benzene rings is 1. The van der Waals surface area contributed by atoms with E-state index in [0.29, 0.717) is 0 Å². The van der Waals surface area contributed by atoms with Crippen LogP contribution in [0.3, 0.4) is 0 Å². The molecular weight excluding hydrogens is 206 g/mol. The summed E-state index contributed by atoms with van der Waals surface area (Å²) in [7, 11) is 0. The topological polar surface area (TPSA) is 26.0 Å². The smallest absolute Gasteiger partial charge is 0.0411 e. The van der Waals surface area contributed by atoms with E-state index in [0.717, 1.165) is 17.0 Å². The van der Waals surface area contributed by atoms with Gasteiger partial charge < -0.3 is 5.73 Å². The highest BCUT2D eigenvalue weighted by Crippen LogP contribution is 2.22. The van der Waals surface area contributed by atoms with Crippen molar-refractivity contribution in [3.8, 4) is 0 Å². The second-order valence-electron chi connectivity index (χ2n) is 4.16. The Morgan fingerprint density at radius 2 is 2.00 bits per heavy atom. The standard InChI is InChI=1S/C13H20ClN/c1-3-4-5-6-13(15)11-7-10(2)8-12(14)9-11/h7-9,13H,3-6,15H2,1-2H3. The Hall–Kier alpha value is -0.530. The Labute approximate surface area is 97.6 Å². The molecule has 0 aliphatic heterocycles. The minimum absolute atomic E-state index is 0.133. The molecule has 0 spiro atoms. The van der Waals surface area contributed by atoms with Gasteiger partial charge in [-0.15, -0.1) is 0 Å². The number of hydrogen-bond acceptors (Lipinski definition) is 1. The Morgan fingerprint density at radius 1 is 1.27 bits per heavy atom. The van der Waals surface area contributed by atoms with E-state index in [1.165, 1.54) is 24.8 Å². The Balaban J connectivity index is 2.60. The first-order valence-electron chi connectivity index (χ1n) is 5.66. The van der Waals surface area contributed by atoms with Crippen LogP contribution in [0.5, 0.6) is 0 Å². The highest BCUT2D eigenvalue weighted by Gasteiger charge is 2.06. The van der Waals surface area contributed by atoms with Crippen molar-refractivity contribution in [2.75, 3.05) is 0 Å². The average Bonchev–Trinajstić information content (AvgIpc) is 2.16. The minimum atomic E-state index is 0.133. The van der Waals surface area contributed by atoms with Crippen molar-refractivity contribution in [2.45, 2.75) is 45.6 Å². The predicted octanol–water partition coefficient (Wildman–Crippen LogP) is 4.23. The van der Waals surface area contributed by atoms with Crippen LogP contribution < -0.4 is 5.73 Å². The highest BCUT2D eigenvalue weighted by molar-refractivity contribution is 6.30. The predicted molar refractivity (Wildman–Crippen MR) is 67.3 cm³/mol. The van der Waals surface area contributed by atoms with Crippen LogP contribution in [0.2, 0.25) is 5.02 Å².